The summed E-state index contributed by atoms with van der Waals surface area (Å²) in [6.45, 7) is 35.6. The van der Waals surface area contributed by atoms with Crippen molar-refractivity contribution in [2.24, 2.45) is 0 Å². The molecule has 7 heterocycles. The molecule has 0 saturated heterocycles. The Kier molecular flexibility index (Phi) is 18.1. The minimum absolute atomic E-state index is 0.188. The second kappa shape index (κ2) is 23.8. The Morgan fingerprint density at radius 3 is 1.77 bits per heavy atom. The number of benzene rings is 3. The Labute approximate surface area is 434 Å². The van der Waals surface area contributed by atoms with E-state index in [0.29, 0.717) is 29.7 Å². The van der Waals surface area contributed by atoms with Crippen molar-refractivity contribution in [2.75, 3.05) is 0 Å². The number of hydrogen-bond donors (Lipinski definition) is 0. The van der Waals surface area contributed by atoms with Crippen molar-refractivity contribution in [3.05, 3.63) is 194 Å². The lowest BCUT2D eigenvalue weighted by Gasteiger charge is -2.31. The summed E-state index contributed by atoms with van der Waals surface area (Å²) < 4.78 is 20.9. The maximum Gasteiger partial charge on any atom is 0.147 e. The first-order valence-electron chi connectivity index (χ1n) is 23.8. The van der Waals surface area contributed by atoms with Crippen LogP contribution in [0, 0.1) is 16.2 Å². The number of fused-ring (bicyclic) bond motifs is 5. The van der Waals surface area contributed by atoms with Gasteiger partial charge in [-0.05, 0) is 128 Å². The molecule has 4 aromatic heterocycles. The van der Waals surface area contributed by atoms with E-state index in [0.717, 1.165) is 42.2 Å². The van der Waals surface area contributed by atoms with Crippen molar-refractivity contribution in [1.29, 1.82) is 0 Å². The molecule has 6 nitrogen and oxygen atoms in total. The lowest BCUT2D eigenvalue weighted by Crippen LogP contribution is -2.26. The first-order chi connectivity index (χ1) is 33.3. The lowest BCUT2D eigenvalue weighted by molar-refractivity contribution is 0.430. The highest BCUT2D eigenvalue weighted by molar-refractivity contribution is 7.72. The molecule has 0 saturated carbocycles. The van der Waals surface area contributed by atoms with Gasteiger partial charge in [0.1, 0.15) is 15.1 Å². The molecule has 0 N–H and O–H groups in total. The lowest BCUT2D eigenvalue weighted by atomic mass is 10.00. The van der Waals surface area contributed by atoms with Crippen LogP contribution in [0.15, 0.2) is 147 Å². The quantitative estimate of drug-likeness (QED) is 0.160. The smallest absolute Gasteiger partial charge is 0.147 e. The van der Waals surface area contributed by atoms with E-state index in [1.165, 1.54) is 44.1 Å². The molecule has 364 valence electrons. The van der Waals surface area contributed by atoms with Crippen LogP contribution in [0.1, 0.15) is 120 Å². The average Bonchev–Trinajstić information content (AvgIpc) is 4.03. The first-order valence-corrected chi connectivity index (χ1v) is 26.4. The summed E-state index contributed by atoms with van der Waals surface area (Å²) in [6, 6.07) is 30.5. The molecule has 3 aromatic carbocycles. The van der Waals surface area contributed by atoms with E-state index in [-0.39, 0.29) is 11.9 Å². The summed E-state index contributed by atoms with van der Waals surface area (Å²) in [7, 11) is 0. The fraction of sp³-hybridized carbons (Fsp3) is 0.271. The normalized spacial score (nSPS) is 13.6. The highest BCUT2D eigenvalue weighted by Gasteiger charge is 2.22. The summed E-state index contributed by atoms with van der Waals surface area (Å²) in [5, 5.41) is 4.52. The monoisotopic (exact) mass is 1010 g/mol. The number of aromatic nitrogens is 3. The molecule has 10 rings (SSSR count). The molecular weight excluding hydrogens is 940 g/mol. The number of thiophene rings is 1. The van der Waals surface area contributed by atoms with Gasteiger partial charge in [-0.2, -0.15) is 0 Å². The molecule has 70 heavy (non-hydrogen) atoms. The standard InChI is InChI=1S/C13H14FN.C13H15NS.C13H15N.C11H13NS.C9H10N2S2/c1-9(2)15-8-13(14)12-7-5-4-6-11(12)10(15)3;1-9(2)14-7-6-11-8-10(3)4-5-12(11)13(14)15;1-10(2)14-9-8-12-6-4-5-7-13(12)11(14)3;1-8(2)12-6-4-10-5-7-13-11(10)9(12)3;1-6(2)11-4-3-7-8(9(11)12)13-5-10-7/h4-9H,3H2,1-2H3;4-9H,1-3H3;4-10H,3H2,1-2H3;4-8H,3H2,1-2H3;3-6H,1-2H3. The number of nitrogens with zero attached hydrogens (tertiary/aromatic N) is 6. The van der Waals surface area contributed by atoms with Crippen LogP contribution >= 0.6 is 47.1 Å². The molecule has 0 aliphatic carbocycles. The molecule has 0 spiro atoms. The van der Waals surface area contributed by atoms with E-state index < -0.39 is 0 Å². The molecule has 0 fully saturated rings. The predicted octanol–water partition coefficient (Wildman–Crippen LogP) is 18.1. The maximum absolute atomic E-state index is 13.7. The third-order valence-electron chi connectivity index (χ3n) is 12.0. The van der Waals surface area contributed by atoms with Crippen LogP contribution in [-0.4, -0.2) is 46.9 Å². The van der Waals surface area contributed by atoms with E-state index in [1.54, 1.807) is 28.7 Å². The third-order valence-corrected chi connectivity index (χ3v) is 14.8. The Balaban J connectivity index is 0.000000144. The Hall–Kier alpha value is -5.98. The maximum atomic E-state index is 13.7. The van der Waals surface area contributed by atoms with Crippen LogP contribution in [0.2, 0.25) is 0 Å². The Morgan fingerprint density at radius 1 is 0.571 bits per heavy atom. The summed E-state index contributed by atoms with van der Waals surface area (Å²) in [5.74, 6) is -0.188. The summed E-state index contributed by atoms with van der Waals surface area (Å²) in [5.41, 5.74) is 12.5. The Bertz CT molecular complexity index is 3210. The third kappa shape index (κ3) is 12.3. The van der Waals surface area contributed by atoms with E-state index in [9.17, 15) is 4.39 Å². The summed E-state index contributed by atoms with van der Waals surface area (Å²) in [6.07, 6.45) is 14.1. The average molecular weight is 1010 g/mol. The Morgan fingerprint density at radius 2 is 1.13 bits per heavy atom. The zero-order chi connectivity index (χ0) is 51.0. The van der Waals surface area contributed by atoms with Gasteiger partial charge < -0.3 is 23.8 Å². The van der Waals surface area contributed by atoms with Crippen molar-refractivity contribution in [1.82, 2.24) is 28.8 Å². The molecular formula is C59H67FN6S4. The second-order valence-corrected chi connectivity index (χ2v) is 21.2. The van der Waals surface area contributed by atoms with Crippen LogP contribution in [0.3, 0.4) is 0 Å². The van der Waals surface area contributed by atoms with Crippen molar-refractivity contribution < 1.29 is 4.39 Å². The van der Waals surface area contributed by atoms with Gasteiger partial charge in [0.2, 0.25) is 0 Å². The molecule has 0 radical (unpaired) electrons. The van der Waals surface area contributed by atoms with Crippen LogP contribution in [-0.2, 0) is 0 Å². The fourth-order valence-corrected chi connectivity index (χ4v) is 10.8. The number of rotatable bonds is 5. The van der Waals surface area contributed by atoms with Crippen LogP contribution in [0.5, 0.6) is 0 Å². The number of hydrogen-bond acceptors (Lipinski definition) is 8. The summed E-state index contributed by atoms with van der Waals surface area (Å²) in [4.78, 5) is 11.8. The minimum atomic E-state index is -0.188. The molecule has 0 bridgehead atoms. The molecule has 0 amide bonds. The molecule has 11 heteroatoms. The number of aryl methyl sites for hydroxylation is 1. The highest BCUT2D eigenvalue weighted by atomic mass is 32.1. The van der Waals surface area contributed by atoms with Gasteiger partial charge in [-0.3, -0.25) is 0 Å². The molecule has 0 atom stereocenters. The molecule has 3 aliphatic heterocycles. The topological polar surface area (TPSA) is 32.5 Å². The van der Waals surface area contributed by atoms with E-state index in [1.807, 2.05) is 54.7 Å². The van der Waals surface area contributed by atoms with Gasteiger partial charge in [-0.25, -0.2) is 9.37 Å². The van der Waals surface area contributed by atoms with Gasteiger partial charge in [0.25, 0.3) is 0 Å². The number of halogens is 1. The summed E-state index contributed by atoms with van der Waals surface area (Å²) >= 11 is 14.2. The van der Waals surface area contributed by atoms with Gasteiger partial charge in [-0.1, -0.05) is 116 Å². The van der Waals surface area contributed by atoms with Gasteiger partial charge in [-0.15, -0.1) is 22.7 Å². The SMILES string of the molecule is C=C1c2ccccc2C(F)=CN1C(C)C.C=C1c2ccccc2C=CN1C(C)C.C=C1c2sccc2C=CN1C(C)C.CC(C)n1ccc2ncsc2c1=S.Cc1ccc2c(=S)n(C(C)C)ccc2c1. The zero-order valence-corrected chi connectivity index (χ0v) is 45.7. The van der Waals surface area contributed by atoms with Crippen LogP contribution in [0.25, 0.3) is 56.1 Å². The van der Waals surface area contributed by atoms with Gasteiger partial charge in [0.15, 0.2) is 0 Å². The molecule has 3 aliphatic rings. The molecule has 0 unspecified atom stereocenters. The number of pyridine rings is 2. The predicted molar refractivity (Wildman–Crippen MR) is 309 cm³/mol. The fourth-order valence-electron chi connectivity index (χ4n) is 8.19. The molecule has 7 aromatic rings. The van der Waals surface area contributed by atoms with E-state index in [4.69, 9.17) is 24.4 Å². The van der Waals surface area contributed by atoms with Crippen molar-refractivity contribution in [3.63, 3.8) is 0 Å². The van der Waals surface area contributed by atoms with Gasteiger partial charge in [0.05, 0.1) is 26.3 Å². The van der Waals surface area contributed by atoms with Crippen molar-refractivity contribution in [2.45, 2.75) is 106 Å². The first kappa shape index (κ1) is 53.4. The number of thiazole rings is 1. The van der Waals surface area contributed by atoms with E-state index >= 15 is 0 Å². The highest BCUT2D eigenvalue weighted by Crippen LogP contribution is 2.36. The van der Waals surface area contributed by atoms with Crippen LogP contribution < -0.4 is 0 Å². The minimum Gasteiger partial charge on any atom is -0.345 e. The van der Waals surface area contributed by atoms with Crippen molar-refractivity contribution in [3.8, 4) is 0 Å². The van der Waals surface area contributed by atoms with E-state index in [2.05, 4.69) is 197 Å². The second-order valence-electron chi connectivity index (χ2n) is 18.7. The van der Waals surface area contributed by atoms with Crippen LogP contribution in [0.4, 0.5) is 4.39 Å². The van der Waals surface area contributed by atoms with Gasteiger partial charge in [0, 0.05) is 94.7 Å². The van der Waals surface area contributed by atoms with Crippen molar-refractivity contribution >= 4 is 103 Å². The zero-order valence-electron chi connectivity index (χ0n) is 42.5. The largest absolute Gasteiger partial charge is 0.345 e. The van der Waals surface area contributed by atoms with Gasteiger partial charge >= 0.3 is 0 Å².